The van der Waals surface area contributed by atoms with E-state index in [-0.39, 0.29) is 5.91 Å². The number of ether oxygens (including phenoxy) is 1. The zero-order valence-corrected chi connectivity index (χ0v) is 14.8. The van der Waals surface area contributed by atoms with E-state index in [0.717, 1.165) is 12.1 Å². The summed E-state index contributed by atoms with van der Waals surface area (Å²) in [5, 5.41) is 12.0. The van der Waals surface area contributed by atoms with Crippen LogP contribution in [0.3, 0.4) is 0 Å². The Hall–Kier alpha value is -3.35. The Balaban J connectivity index is 1.73. The van der Waals surface area contributed by atoms with Crippen molar-refractivity contribution in [1.29, 1.82) is 0 Å². The number of nitrogens with zero attached hydrogens (tertiary/aromatic N) is 1. The number of hydrogen-bond donors (Lipinski definition) is 2. The fourth-order valence-corrected chi connectivity index (χ4v) is 3.01. The summed E-state index contributed by atoms with van der Waals surface area (Å²) in [5.74, 6) is -0.996. The van der Waals surface area contributed by atoms with Crippen molar-refractivity contribution in [2.75, 3.05) is 18.6 Å². The molecule has 1 fully saturated rings. The number of methoxy groups -OCH3 is 1. The Labute approximate surface area is 156 Å². The van der Waals surface area contributed by atoms with Crippen molar-refractivity contribution in [3.05, 3.63) is 59.7 Å². The van der Waals surface area contributed by atoms with Crippen LogP contribution < -0.4 is 15.0 Å². The Morgan fingerprint density at radius 1 is 1.11 bits per heavy atom. The number of hydrogen-bond acceptors (Lipinski definition) is 4. The van der Waals surface area contributed by atoms with E-state index in [2.05, 4.69) is 5.32 Å². The van der Waals surface area contributed by atoms with Crippen molar-refractivity contribution >= 4 is 23.5 Å². The predicted molar refractivity (Wildman–Crippen MR) is 98.9 cm³/mol. The second-order valence-corrected chi connectivity index (χ2v) is 6.21. The van der Waals surface area contributed by atoms with Gasteiger partial charge in [0, 0.05) is 24.2 Å². The van der Waals surface area contributed by atoms with Crippen LogP contribution in [0.4, 0.5) is 5.69 Å². The Bertz CT molecular complexity index is 846. The van der Waals surface area contributed by atoms with Crippen molar-refractivity contribution in [3.63, 3.8) is 0 Å². The van der Waals surface area contributed by atoms with Crippen molar-refractivity contribution in [3.8, 4) is 5.75 Å². The van der Waals surface area contributed by atoms with Gasteiger partial charge in [0.2, 0.25) is 5.91 Å². The molecule has 140 valence electrons. The molecule has 27 heavy (non-hydrogen) atoms. The fraction of sp³-hybridized carbons (Fsp3) is 0.250. The van der Waals surface area contributed by atoms with E-state index in [0.29, 0.717) is 29.8 Å². The van der Waals surface area contributed by atoms with Gasteiger partial charge in [-0.1, -0.05) is 12.1 Å². The molecule has 0 spiro atoms. The molecule has 1 heterocycles. The monoisotopic (exact) mass is 368 g/mol. The number of rotatable bonds is 6. The number of carboxylic acid groups (broad SMARTS) is 1. The summed E-state index contributed by atoms with van der Waals surface area (Å²) < 4.78 is 5.06. The van der Waals surface area contributed by atoms with Crippen LogP contribution in [0.5, 0.6) is 5.75 Å². The highest BCUT2D eigenvalue weighted by atomic mass is 16.5. The molecule has 2 aromatic carbocycles. The minimum Gasteiger partial charge on any atom is -0.497 e. The first kappa shape index (κ1) is 18.4. The highest BCUT2D eigenvalue weighted by molar-refractivity contribution is 5.98. The Morgan fingerprint density at radius 3 is 2.30 bits per heavy atom. The summed E-state index contributed by atoms with van der Waals surface area (Å²) in [7, 11) is 1.52. The lowest BCUT2D eigenvalue weighted by Crippen LogP contribution is -2.33. The molecule has 7 nitrogen and oxygen atoms in total. The van der Waals surface area contributed by atoms with E-state index in [1.165, 1.54) is 7.11 Å². The second-order valence-electron chi connectivity index (χ2n) is 6.21. The number of nitrogens with one attached hydrogen (secondary N) is 1. The molecular formula is C20H20N2O5. The maximum atomic E-state index is 12.5. The average Bonchev–Trinajstić information content (AvgIpc) is 3.12. The van der Waals surface area contributed by atoms with Gasteiger partial charge in [0.05, 0.1) is 7.11 Å². The van der Waals surface area contributed by atoms with Gasteiger partial charge < -0.3 is 20.1 Å². The molecule has 0 bridgehead atoms. The van der Waals surface area contributed by atoms with Gasteiger partial charge in [0.1, 0.15) is 5.75 Å². The van der Waals surface area contributed by atoms with E-state index in [4.69, 9.17) is 4.74 Å². The molecule has 1 unspecified atom stereocenters. The second kappa shape index (κ2) is 7.90. The lowest BCUT2D eigenvalue weighted by Gasteiger charge is -2.17. The van der Waals surface area contributed by atoms with Gasteiger partial charge in [-0.3, -0.25) is 9.59 Å². The largest absolute Gasteiger partial charge is 0.497 e. The smallest absolute Gasteiger partial charge is 0.330 e. The van der Waals surface area contributed by atoms with Crippen molar-refractivity contribution in [2.45, 2.75) is 18.9 Å². The third-order valence-corrected chi connectivity index (χ3v) is 4.49. The third kappa shape index (κ3) is 4.08. The number of aliphatic carboxylic acids is 1. The fourth-order valence-electron chi connectivity index (χ4n) is 3.01. The van der Waals surface area contributed by atoms with Gasteiger partial charge in [0.25, 0.3) is 5.91 Å². The summed E-state index contributed by atoms with van der Waals surface area (Å²) in [6.45, 7) is 0.670. The number of carbonyl (C=O) groups excluding carboxylic acids is 2. The van der Waals surface area contributed by atoms with E-state index >= 15 is 0 Å². The highest BCUT2D eigenvalue weighted by Gasteiger charge is 2.24. The van der Waals surface area contributed by atoms with E-state index < -0.39 is 17.9 Å². The van der Waals surface area contributed by atoms with E-state index in [1.807, 2.05) is 0 Å². The van der Waals surface area contributed by atoms with Crippen molar-refractivity contribution in [2.24, 2.45) is 0 Å². The first-order valence-electron chi connectivity index (χ1n) is 8.57. The lowest BCUT2D eigenvalue weighted by atomic mass is 10.1. The predicted octanol–water partition coefficient (Wildman–Crippen LogP) is 2.38. The quantitative estimate of drug-likeness (QED) is 0.816. The summed E-state index contributed by atoms with van der Waals surface area (Å²) in [5.41, 5.74) is 1.50. The molecule has 1 saturated heterocycles. The molecule has 1 aliphatic rings. The maximum absolute atomic E-state index is 12.5. The first-order valence-corrected chi connectivity index (χ1v) is 8.57. The molecular weight excluding hydrogens is 348 g/mol. The normalized spacial score (nSPS) is 14.7. The topological polar surface area (TPSA) is 95.9 Å². The van der Waals surface area contributed by atoms with Crippen LogP contribution in [0, 0.1) is 0 Å². The number of benzene rings is 2. The Morgan fingerprint density at radius 2 is 1.78 bits per heavy atom. The summed E-state index contributed by atoms with van der Waals surface area (Å²) in [6, 6.07) is 11.9. The number of carbonyl (C=O) groups is 3. The van der Waals surface area contributed by atoms with Gasteiger partial charge in [-0.2, -0.15) is 0 Å². The van der Waals surface area contributed by atoms with Crippen LogP contribution in [-0.4, -0.2) is 36.5 Å². The maximum Gasteiger partial charge on any atom is 0.330 e. The molecule has 0 aromatic heterocycles. The lowest BCUT2D eigenvalue weighted by molar-refractivity contribution is -0.139. The van der Waals surface area contributed by atoms with E-state index in [1.54, 1.807) is 53.4 Å². The average molecular weight is 368 g/mol. The van der Waals surface area contributed by atoms with Gasteiger partial charge in [-0.05, 0) is 48.4 Å². The van der Waals surface area contributed by atoms with Gasteiger partial charge in [0.15, 0.2) is 6.04 Å². The van der Waals surface area contributed by atoms with Gasteiger partial charge in [-0.15, -0.1) is 0 Å². The van der Waals surface area contributed by atoms with Crippen LogP contribution in [-0.2, 0) is 9.59 Å². The van der Waals surface area contributed by atoms with Crippen LogP contribution in [0.1, 0.15) is 34.8 Å². The summed E-state index contributed by atoms with van der Waals surface area (Å²) >= 11 is 0. The van der Waals surface area contributed by atoms with Gasteiger partial charge >= 0.3 is 5.97 Å². The molecule has 2 N–H and O–H groups in total. The molecule has 0 radical (unpaired) electrons. The minimum absolute atomic E-state index is 0.0673. The molecule has 1 atom stereocenters. The number of amides is 2. The molecule has 2 amide bonds. The van der Waals surface area contributed by atoms with Crippen LogP contribution >= 0.6 is 0 Å². The summed E-state index contributed by atoms with van der Waals surface area (Å²) in [6.07, 6.45) is 1.35. The summed E-state index contributed by atoms with van der Waals surface area (Å²) in [4.78, 5) is 37.5. The molecule has 0 aliphatic carbocycles. The molecule has 7 heteroatoms. The standard InChI is InChI=1S/C20H20N2O5/c1-27-16-10-6-13(7-11-16)18(20(25)26)21-19(24)14-4-8-15(9-5-14)22-12-2-3-17(22)23/h4-11,18H,2-3,12H2,1H3,(H,21,24)(H,25,26). The van der Waals surface area contributed by atoms with Crippen LogP contribution in [0.2, 0.25) is 0 Å². The number of carboxylic acids is 1. The van der Waals surface area contributed by atoms with E-state index in [9.17, 15) is 19.5 Å². The van der Waals surface area contributed by atoms with Crippen molar-refractivity contribution < 1.29 is 24.2 Å². The zero-order chi connectivity index (χ0) is 19.4. The van der Waals surface area contributed by atoms with Gasteiger partial charge in [-0.25, -0.2) is 4.79 Å². The minimum atomic E-state index is -1.18. The molecule has 0 saturated carbocycles. The van der Waals surface area contributed by atoms with Crippen molar-refractivity contribution in [1.82, 2.24) is 5.32 Å². The molecule has 1 aliphatic heterocycles. The number of anilines is 1. The third-order valence-electron chi connectivity index (χ3n) is 4.49. The highest BCUT2D eigenvalue weighted by Crippen LogP contribution is 2.22. The SMILES string of the molecule is COc1ccc(C(NC(=O)c2ccc(N3CCCC3=O)cc2)C(=O)O)cc1. The van der Waals surface area contributed by atoms with Crippen LogP contribution in [0.15, 0.2) is 48.5 Å². The van der Waals surface area contributed by atoms with Crippen LogP contribution in [0.25, 0.3) is 0 Å². The zero-order valence-electron chi connectivity index (χ0n) is 14.8. The Kier molecular flexibility index (Phi) is 5.40. The molecule has 2 aromatic rings. The first-order chi connectivity index (χ1) is 13.0. The molecule has 3 rings (SSSR count).